The lowest BCUT2D eigenvalue weighted by Crippen LogP contribution is -2.27. The van der Waals surface area contributed by atoms with Crippen molar-refractivity contribution >= 4 is 0 Å². The van der Waals surface area contributed by atoms with Crippen LogP contribution in [0.2, 0.25) is 0 Å². The largest absolute Gasteiger partial charge is 0.468 e. The molecule has 1 aromatic rings. The first-order valence-electron chi connectivity index (χ1n) is 7.39. The number of hydrogen-bond donors (Lipinski definition) is 0. The molecule has 3 heterocycles. The summed E-state index contributed by atoms with van der Waals surface area (Å²) in [6.07, 6.45) is -0.491. The molecule has 0 unspecified atom stereocenters. The molecule has 0 amide bonds. The van der Waals surface area contributed by atoms with Crippen molar-refractivity contribution < 1.29 is 22.6 Å². The molecular formula is C15H19F3N2O2. The topological polar surface area (TPSA) is 34.6 Å². The van der Waals surface area contributed by atoms with Crippen molar-refractivity contribution in [2.24, 2.45) is 5.41 Å². The van der Waals surface area contributed by atoms with Gasteiger partial charge in [-0.25, -0.2) is 4.98 Å². The average molecular weight is 316 g/mol. The van der Waals surface area contributed by atoms with Crippen LogP contribution in [-0.2, 0) is 11.3 Å². The van der Waals surface area contributed by atoms with E-state index in [0.29, 0.717) is 5.41 Å². The minimum Gasteiger partial charge on any atom is -0.468 e. The maximum absolute atomic E-state index is 12.1. The fraction of sp³-hybridized carbons (Fsp3) is 0.667. The molecular weight excluding hydrogens is 297 g/mol. The number of ether oxygens (including phenoxy) is 2. The van der Waals surface area contributed by atoms with Crippen molar-refractivity contribution in [1.82, 2.24) is 9.88 Å². The molecule has 3 rings (SSSR count). The van der Waals surface area contributed by atoms with E-state index in [2.05, 4.69) is 14.6 Å². The zero-order chi connectivity index (χ0) is 15.6. The number of hydrogen-bond acceptors (Lipinski definition) is 4. The molecule has 2 aliphatic rings. The van der Waals surface area contributed by atoms with Crippen LogP contribution in [0.5, 0.6) is 5.88 Å². The molecule has 1 aromatic heterocycles. The third-order valence-corrected chi connectivity index (χ3v) is 4.29. The number of rotatable bonds is 4. The summed E-state index contributed by atoms with van der Waals surface area (Å²) >= 11 is 0. The van der Waals surface area contributed by atoms with E-state index in [1.54, 1.807) is 12.3 Å². The highest BCUT2D eigenvalue weighted by Gasteiger charge is 2.41. The molecule has 0 bridgehead atoms. The van der Waals surface area contributed by atoms with Gasteiger partial charge in [0.2, 0.25) is 5.88 Å². The van der Waals surface area contributed by atoms with Gasteiger partial charge in [0, 0.05) is 37.4 Å². The second kappa shape index (κ2) is 6.04. The van der Waals surface area contributed by atoms with Gasteiger partial charge in [-0.2, -0.15) is 13.2 Å². The molecule has 22 heavy (non-hydrogen) atoms. The Hall–Kier alpha value is -1.34. The second-order valence-corrected chi connectivity index (χ2v) is 6.17. The van der Waals surface area contributed by atoms with E-state index in [1.165, 1.54) is 6.07 Å². The molecule has 2 fully saturated rings. The minimum absolute atomic E-state index is 0.00293. The van der Waals surface area contributed by atoms with Gasteiger partial charge in [-0.05, 0) is 24.9 Å². The average Bonchev–Trinajstić information content (AvgIpc) is 3.08. The summed E-state index contributed by atoms with van der Waals surface area (Å²) in [5.41, 5.74) is 1.29. The summed E-state index contributed by atoms with van der Waals surface area (Å²) in [5.74, 6) is 0.00293. The third-order valence-electron chi connectivity index (χ3n) is 4.29. The Labute approximate surface area is 127 Å². The van der Waals surface area contributed by atoms with Gasteiger partial charge in [0.15, 0.2) is 6.61 Å². The number of halogens is 3. The summed E-state index contributed by atoms with van der Waals surface area (Å²) in [6.45, 7) is 3.17. The number of pyridine rings is 1. The Balaban J connectivity index is 1.51. The Bertz CT molecular complexity index is 499. The lowest BCUT2D eigenvalue weighted by atomic mass is 9.87. The third kappa shape index (κ3) is 3.89. The van der Waals surface area contributed by atoms with Crippen LogP contribution in [0.1, 0.15) is 18.4 Å². The zero-order valence-corrected chi connectivity index (χ0v) is 12.2. The van der Waals surface area contributed by atoms with Crippen LogP contribution in [0.25, 0.3) is 0 Å². The molecule has 0 aromatic carbocycles. The number of alkyl halides is 3. The van der Waals surface area contributed by atoms with Crippen LogP contribution in [0, 0.1) is 5.41 Å². The molecule has 0 radical (unpaired) electrons. The molecule has 1 spiro atoms. The highest BCUT2D eigenvalue weighted by molar-refractivity contribution is 5.18. The molecule has 0 aliphatic carbocycles. The van der Waals surface area contributed by atoms with Gasteiger partial charge in [-0.1, -0.05) is 6.07 Å². The molecule has 4 nitrogen and oxygen atoms in total. The van der Waals surface area contributed by atoms with Gasteiger partial charge in [0.25, 0.3) is 0 Å². The monoisotopic (exact) mass is 316 g/mol. The SMILES string of the molecule is FC(F)(F)COc1ccc(CN2CC[C@]3(CCOC3)C2)cn1. The smallest absolute Gasteiger partial charge is 0.422 e. The molecule has 7 heteroatoms. The summed E-state index contributed by atoms with van der Waals surface area (Å²) in [7, 11) is 0. The first kappa shape index (κ1) is 15.6. The lowest BCUT2D eigenvalue weighted by molar-refractivity contribution is -0.154. The van der Waals surface area contributed by atoms with E-state index in [0.717, 1.165) is 51.3 Å². The van der Waals surface area contributed by atoms with Crippen molar-refractivity contribution in [3.05, 3.63) is 23.9 Å². The highest BCUT2D eigenvalue weighted by Crippen LogP contribution is 2.38. The van der Waals surface area contributed by atoms with Crippen LogP contribution in [0.3, 0.4) is 0 Å². The van der Waals surface area contributed by atoms with Crippen molar-refractivity contribution in [2.75, 3.05) is 32.9 Å². The summed E-state index contributed by atoms with van der Waals surface area (Å²) in [4.78, 5) is 6.29. The van der Waals surface area contributed by atoms with Crippen molar-refractivity contribution in [1.29, 1.82) is 0 Å². The van der Waals surface area contributed by atoms with E-state index in [4.69, 9.17) is 4.74 Å². The Kier molecular flexibility index (Phi) is 4.27. The van der Waals surface area contributed by atoms with E-state index in [1.807, 2.05) is 0 Å². The summed E-state index contributed by atoms with van der Waals surface area (Å²) in [5, 5.41) is 0. The highest BCUT2D eigenvalue weighted by atomic mass is 19.4. The molecule has 122 valence electrons. The maximum atomic E-state index is 12.1. The van der Waals surface area contributed by atoms with Crippen molar-refractivity contribution in [2.45, 2.75) is 25.6 Å². The van der Waals surface area contributed by atoms with Gasteiger partial charge in [0.05, 0.1) is 6.61 Å². The Morgan fingerprint density at radius 1 is 1.32 bits per heavy atom. The molecule has 2 saturated heterocycles. The predicted molar refractivity (Wildman–Crippen MR) is 73.6 cm³/mol. The summed E-state index contributed by atoms with van der Waals surface area (Å²) in [6, 6.07) is 3.26. The molecule has 0 N–H and O–H groups in total. The summed E-state index contributed by atoms with van der Waals surface area (Å²) < 4.78 is 46.3. The van der Waals surface area contributed by atoms with E-state index < -0.39 is 12.8 Å². The molecule has 1 atom stereocenters. The molecule has 2 aliphatic heterocycles. The van der Waals surface area contributed by atoms with Crippen molar-refractivity contribution in [3.63, 3.8) is 0 Å². The second-order valence-electron chi connectivity index (χ2n) is 6.17. The fourth-order valence-electron chi connectivity index (χ4n) is 3.14. The van der Waals surface area contributed by atoms with E-state index >= 15 is 0 Å². The van der Waals surface area contributed by atoms with E-state index in [9.17, 15) is 13.2 Å². The van der Waals surface area contributed by atoms with Gasteiger partial charge in [0.1, 0.15) is 0 Å². The lowest BCUT2D eigenvalue weighted by Gasteiger charge is -2.22. The Morgan fingerprint density at radius 2 is 2.18 bits per heavy atom. The van der Waals surface area contributed by atoms with Crippen LogP contribution in [0.4, 0.5) is 13.2 Å². The van der Waals surface area contributed by atoms with Gasteiger partial charge in [-0.15, -0.1) is 0 Å². The van der Waals surface area contributed by atoms with Crippen LogP contribution < -0.4 is 4.74 Å². The first-order valence-corrected chi connectivity index (χ1v) is 7.39. The predicted octanol–water partition coefficient (Wildman–Crippen LogP) is 2.64. The number of nitrogens with zero attached hydrogens (tertiary/aromatic N) is 2. The first-order chi connectivity index (χ1) is 10.4. The zero-order valence-electron chi connectivity index (χ0n) is 12.2. The standard InChI is InChI=1S/C15H19F3N2O2/c16-15(17,18)11-22-13-2-1-12(7-19-13)8-20-5-3-14(9-20)4-6-21-10-14/h1-2,7H,3-6,8-11H2/t14-/m0/s1. The quantitative estimate of drug-likeness (QED) is 0.855. The van der Waals surface area contributed by atoms with Crippen LogP contribution >= 0.6 is 0 Å². The van der Waals surface area contributed by atoms with Gasteiger partial charge in [-0.3, -0.25) is 4.90 Å². The number of likely N-dealkylation sites (tertiary alicyclic amines) is 1. The minimum atomic E-state index is -4.34. The normalized spacial score (nSPS) is 26.0. The maximum Gasteiger partial charge on any atom is 0.422 e. The van der Waals surface area contributed by atoms with Crippen LogP contribution in [-0.4, -0.2) is 49.0 Å². The Morgan fingerprint density at radius 3 is 2.82 bits per heavy atom. The fourth-order valence-corrected chi connectivity index (χ4v) is 3.14. The van der Waals surface area contributed by atoms with Gasteiger partial charge >= 0.3 is 6.18 Å². The molecule has 0 saturated carbocycles. The number of aromatic nitrogens is 1. The van der Waals surface area contributed by atoms with Gasteiger partial charge < -0.3 is 9.47 Å². The van der Waals surface area contributed by atoms with Crippen LogP contribution in [0.15, 0.2) is 18.3 Å². The van der Waals surface area contributed by atoms with Crippen molar-refractivity contribution in [3.8, 4) is 5.88 Å². The van der Waals surface area contributed by atoms with E-state index in [-0.39, 0.29) is 5.88 Å².